The molecular formula is C17H28N2. The maximum Gasteiger partial charge on any atom is 0.0354 e. The third kappa shape index (κ3) is 3.37. The van der Waals surface area contributed by atoms with Gasteiger partial charge in [-0.1, -0.05) is 45.0 Å². The molecule has 106 valence electrons. The van der Waals surface area contributed by atoms with Crippen LogP contribution in [0.4, 0.5) is 0 Å². The first-order valence-corrected chi connectivity index (χ1v) is 7.59. The van der Waals surface area contributed by atoms with Gasteiger partial charge in [-0.05, 0) is 48.9 Å². The van der Waals surface area contributed by atoms with Gasteiger partial charge in [0.25, 0.3) is 0 Å². The zero-order valence-corrected chi connectivity index (χ0v) is 12.7. The van der Waals surface area contributed by atoms with E-state index in [0.717, 1.165) is 13.1 Å². The van der Waals surface area contributed by atoms with Gasteiger partial charge in [-0.25, -0.2) is 0 Å². The van der Waals surface area contributed by atoms with E-state index in [2.05, 4.69) is 49.9 Å². The zero-order chi connectivity index (χ0) is 13.9. The van der Waals surface area contributed by atoms with Crippen LogP contribution >= 0.6 is 0 Å². The number of aryl methyl sites for hydroxylation is 1. The molecule has 0 amide bonds. The SMILES string of the molecule is CCCN(CC(C)(C)CN)C1CCc2ccccc21. The van der Waals surface area contributed by atoms with E-state index in [1.807, 2.05) is 0 Å². The Morgan fingerprint density at radius 3 is 2.74 bits per heavy atom. The molecule has 1 atom stereocenters. The molecule has 2 N–H and O–H groups in total. The number of hydrogen-bond donors (Lipinski definition) is 1. The molecule has 0 aromatic heterocycles. The summed E-state index contributed by atoms with van der Waals surface area (Å²) in [4.78, 5) is 2.65. The van der Waals surface area contributed by atoms with Gasteiger partial charge >= 0.3 is 0 Å². The van der Waals surface area contributed by atoms with Crippen LogP contribution in [0.2, 0.25) is 0 Å². The summed E-state index contributed by atoms with van der Waals surface area (Å²) in [6.45, 7) is 9.83. The number of fused-ring (bicyclic) bond motifs is 1. The highest BCUT2D eigenvalue weighted by Gasteiger charge is 2.30. The van der Waals surface area contributed by atoms with E-state index in [0.29, 0.717) is 6.04 Å². The standard InChI is InChI=1S/C17H28N2/c1-4-11-19(13-17(2,3)12-18)16-10-9-14-7-5-6-8-15(14)16/h5-8,16H,4,9-13,18H2,1-3H3. The summed E-state index contributed by atoms with van der Waals surface area (Å²) in [6, 6.07) is 9.53. The Bertz CT molecular complexity index is 411. The Morgan fingerprint density at radius 2 is 2.05 bits per heavy atom. The van der Waals surface area contributed by atoms with Gasteiger partial charge in [-0.15, -0.1) is 0 Å². The Hall–Kier alpha value is -0.860. The van der Waals surface area contributed by atoms with Crippen molar-refractivity contribution in [3.8, 4) is 0 Å². The quantitative estimate of drug-likeness (QED) is 0.849. The van der Waals surface area contributed by atoms with Gasteiger partial charge in [0.15, 0.2) is 0 Å². The van der Waals surface area contributed by atoms with E-state index in [9.17, 15) is 0 Å². The molecule has 2 nitrogen and oxygen atoms in total. The van der Waals surface area contributed by atoms with E-state index in [1.165, 1.54) is 25.8 Å². The molecule has 1 aliphatic rings. The second-order valence-electron chi connectivity index (χ2n) is 6.59. The zero-order valence-electron chi connectivity index (χ0n) is 12.7. The fourth-order valence-electron chi connectivity index (χ4n) is 3.16. The molecule has 2 heteroatoms. The lowest BCUT2D eigenvalue weighted by Gasteiger charge is -2.36. The van der Waals surface area contributed by atoms with Gasteiger partial charge in [-0.3, -0.25) is 4.90 Å². The average Bonchev–Trinajstić information content (AvgIpc) is 2.82. The molecule has 2 rings (SSSR count). The summed E-state index contributed by atoms with van der Waals surface area (Å²) in [7, 11) is 0. The van der Waals surface area contributed by atoms with Crippen molar-refractivity contribution in [2.45, 2.75) is 46.1 Å². The smallest absolute Gasteiger partial charge is 0.0354 e. The molecule has 1 unspecified atom stereocenters. The van der Waals surface area contributed by atoms with Crippen molar-refractivity contribution >= 4 is 0 Å². The Kier molecular flexibility index (Phi) is 4.64. The summed E-state index contributed by atoms with van der Waals surface area (Å²) in [6.07, 6.45) is 3.70. The van der Waals surface area contributed by atoms with Crippen LogP contribution in [-0.4, -0.2) is 24.5 Å². The van der Waals surface area contributed by atoms with E-state index in [1.54, 1.807) is 11.1 Å². The number of nitrogens with two attached hydrogens (primary N) is 1. The van der Waals surface area contributed by atoms with Crippen LogP contribution in [0.25, 0.3) is 0 Å². The third-order valence-corrected chi connectivity index (χ3v) is 4.24. The molecule has 0 aliphatic heterocycles. The molecule has 0 bridgehead atoms. The first-order chi connectivity index (χ1) is 9.07. The van der Waals surface area contributed by atoms with Crippen molar-refractivity contribution in [2.24, 2.45) is 11.1 Å². The van der Waals surface area contributed by atoms with Gasteiger partial charge in [-0.2, -0.15) is 0 Å². The Labute approximate surface area is 118 Å². The van der Waals surface area contributed by atoms with Crippen molar-refractivity contribution in [1.29, 1.82) is 0 Å². The predicted octanol–water partition coefficient (Wildman–Crippen LogP) is 3.37. The molecule has 1 aromatic rings. The van der Waals surface area contributed by atoms with Crippen LogP contribution in [0, 0.1) is 5.41 Å². The summed E-state index contributed by atoms with van der Waals surface area (Å²) in [5.74, 6) is 0. The molecule has 1 aromatic carbocycles. The van der Waals surface area contributed by atoms with E-state index < -0.39 is 0 Å². The van der Waals surface area contributed by atoms with Crippen LogP contribution in [0.5, 0.6) is 0 Å². The molecule has 0 radical (unpaired) electrons. The van der Waals surface area contributed by atoms with Gasteiger partial charge in [0.2, 0.25) is 0 Å². The Balaban J connectivity index is 2.17. The van der Waals surface area contributed by atoms with Crippen molar-refractivity contribution in [3.05, 3.63) is 35.4 Å². The highest BCUT2D eigenvalue weighted by molar-refractivity contribution is 5.34. The highest BCUT2D eigenvalue weighted by Crippen LogP contribution is 2.37. The maximum absolute atomic E-state index is 5.92. The molecule has 1 aliphatic carbocycles. The molecule has 0 spiro atoms. The van der Waals surface area contributed by atoms with Gasteiger partial charge in [0, 0.05) is 12.6 Å². The van der Waals surface area contributed by atoms with Crippen molar-refractivity contribution in [3.63, 3.8) is 0 Å². The second kappa shape index (κ2) is 6.06. The minimum Gasteiger partial charge on any atom is -0.330 e. The summed E-state index contributed by atoms with van der Waals surface area (Å²) >= 11 is 0. The molecular weight excluding hydrogens is 232 g/mol. The molecule has 0 heterocycles. The monoisotopic (exact) mass is 260 g/mol. The fraction of sp³-hybridized carbons (Fsp3) is 0.647. The number of nitrogens with zero attached hydrogens (tertiary/aromatic N) is 1. The molecule has 19 heavy (non-hydrogen) atoms. The number of rotatable bonds is 6. The third-order valence-electron chi connectivity index (χ3n) is 4.24. The lowest BCUT2D eigenvalue weighted by Crippen LogP contribution is -2.40. The van der Waals surface area contributed by atoms with Crippen molar-refractivity contribution in [1.82, 2.24) is 4.90 Å². The fourth-order valence-corrected chi connectivity index (χ4v) is 3.16. The summed E-state index contributed by atoms with van der Waals surface area (Å²) < 4.78 is 0. The first kappa shape index (κ1) is 14.5. The van der Waals surface area contributed by atoms with E-state index >= 15 is 0 Å². The Morgan fingerprint density at radius 1 is 1.32 bits per heavy atom. The van der Waals surface area contributed by atoms with Crippen LogP contribution in [0.15, 0.2) is 24.3 Å². The largest absolute Gasteiger partial charge is 0.330 e. The molecule has 0 saturated heterocycles. The second-order valence-corrected chi connectivity index (χ2v) is 6.59. The predicted molar refractivity (Wildman–Crippen MR) is 82.2 cm³/mol. The average molecular weight is 260 g/mol. The highest BCUT2D eigenvalue weighted by atomic mass is 15.2. The van der Waals surface area contributed by atoms with Crippen LogP contribution in [0.3, 0.4) is 0 Å². The lowest BCUT2D eigenvalue weighted by atomic mass is 9.91. The summed E-state index contributed by atoms with van der Waals surface area (Å²) in [5, 5.41) is 0. The van der Waals surface area contributed by atoms with Crippen molar-refractivity contribution in [2.75, 3.05) is 19.6 Å². The molecule has 0 saturated carbocycles. The van der Waals surface area contributed by atoms with E-state index in [4.69, 9.17) is 5.73 Å². The van der Waals surface area contributed by atoms with Gasteiger partial charge < -0.3 is 5.73 Å². The van der Waals surface area contributed by atoms with Gasteiger partial charge in [0.05, 0.1) is 0 Å². The van der Waals surface area contributed by atoms with E-state index in [-0.39, 0.29) is 5.41 Å². The van der Waals surface area contributed by atoms with Crippen LogP contribution in [-0.2, 0) is 6.42 Å². The topological polar surface area (TPSA) is 29.3 Å². The minimum absolute atomic E-state index is 0.201. The van der Waals surface area contributed by atoms with Crippen LogP contribution < -0.4 is 5.73 Å². The maximum atomic E-state index is 5.92. The first-order valence-electron chi connectivity index (χ1n) is 7.59. The van der Waals surface area contributed by atoms with Crippen LogP contribution in [0.1, 0.15) is 50.8 Å². The number of benzene rings is 1. The van der Waals surface area contributed by atoms with Gasteiger partial charge in [0.1, 0.15) is 0 Å². The lowest BCUT2D eigenvalue weighted by molar-refractivity contribution is 0.132. The molecule has 0 fully saturated rings. The summed E-state index contributed by atoms with van der Waals surface area (Å²) in [5.41, 5.74) is 9.20. The van der Waals surface area contributed by atoms with Crippen molar-refractivity contribution < 1.29 is 0 Å². The normalized spacial score (nSPS) is 18.9. The number of hydrogen-bond acceptors (Lipinski definition) is 2. The minimum atomic E-state index is 0.201.